The summed E-state index contributed by atoms with van der Waals surface area (Å²) in [5.41, 5.74) is -0.0409. The Labute approximate surface area is 135 Å². The van der Waals surface area contributed by atoms with Gasteiger partial charge in [-0.1, -0.05) is 0 Å². The van der Waals surface area contributed by atoms with Crippen LogP contribution in [0.3, 0.4) is 0 Å². The van der Waals surface area contributed by atoms with Gasteiger partial charge in [0.15, 0.2) is 0 Å². The highest BCUT2D eigenvalue weighted by atomic mass is 35.5. The van der Waals surface area contributed by atoms with Crippen molar-refractivity contribution >= 4 is 18.3 Å². The van der Waals surface area contributed by atoms with Gasteiger partial charge < -0.3 is 10.2 Å². The summed E-state index contributed by atoms with van der Waals surface area (Å²) in [7, 11) is 0. The van der Waals surface area contributed by atoms with Crippen molar-refractivity contribution in [3.05, 3.63) is 35.4 Å². The zero-order valence-corrected chi connectivity index (χ0v) is 13.2. The van der Waals surface area contributed by atoms with E-state index in [1.807, 2.05) is 0 Å². The van der Waals surface area contributed by atoms with Crippen molar-refractivity contribution in [2.75, 3.05) is 19.6 Å². The van der Waals surface area contributed by atoms with Gasteiger partial charge in [-0.2, -0.15) is 0 Å². The lowest BCUT2D eigenvalue weighted by molar-refractivity contribution is 0.0700. The van der Waals surface area contributed by atoms with Crippen molar-refractivity contribution in [3.8, 4) is 0 Å². The Hall–Kier alpha value is -1.20. The van der Waals surface area contributed by atoms with Crippen LogP contribution >= 0.6 is 12.4 Å². The molecule has 3 rings (SSSR count). The molecule has 0 aromatic heterocycles. The van der Waals surface area contributed by atoms with Crippen molar-refractivity contribution in [2.45, 2.75) is 31.7 Å². The highest BCUT2D eigenvalue weighted by molar-refractivity contribution is 5.94. The number of piperidine rings is 1. The van der Waals surface area contributed by atoms with Gasteiger partial charge in [-0.15, -0.1) is 12.4 Å². The number of hydrogen-bond donors (Lipinski definition) is 1. The molecule has 2 fully saturated rings. The summed E-state index contributed by atoms with van der Waals surface area (Å²) in [6.45, 7) is 2.32. The van der Waals surface area contributed by atoms with Gasteiger partial charge in [0.05, 0.1) is 5.56 Å². The van der Waals surface area contributed by atoms with Crippen LogP contribution in [0.1, 0.15) is 36.0 Å². The molecule has 1 aromatic rings. The van der Waals surface area contributed by atoms with E-state index in [-0.39, 0.29) is 23.9 Å². The summed E-state index contributed by atoms with van der Waals surface area (Å²) < 4.78 is 26.5. The lowest BCUT2D eigenvalue weighted by Crippen LogP contribution is -2.45. The van der Waals surface area contributed by atoms with Crippen LogP contribution < -0.4 is 5.32 Å². The Morgan fingerprint density at radius 3 is 2.45 bits per heavy atom. The topological polar surface area (TPSA) is 32.3 Å². The fourth-order valence-electron chi connectivity index (χ4n) is 2.78. The maximum atomic E-state index is 13.6. The van der Waals surface area contributed by atoms with Crippen LogP contribution in [-0.2, 0) is 0 Å². The Balaban J connectivity index is 0.00000176. The molecule has 0 spiro atoms. The number of nitrogens with one attached hydrogen (secondary N) is 1. The summed E-state index contributed by atoms with van der Waals surface area (Å²) in [6, 6.07) is 3.56. The average Bonchev–Trinajstić information content (AvgIpc) is 3.29. The summed E-state index contributed by atoms with van der Waals surface area (Å²) in [5, 5.41) is 3.54. The molecule has 22 heavy (non-hydrogen) atoms. The van der Waals surface area contributed by atoms with Crippen LogP contribution in [0.2, 0.25) is 0 Å². The summed E-state index contributed by atoms with van der Waals surface area (Å²) in [5.74, 6) is -0.938. The first-order valence-corrected chi connectivity index (χ1v) is 7.61. The maximum Gasteiger partial charge on any atom is 0.256 e. The quantitative estimate of drug-likeness (QED) is 0.920. The van der Waals surface area contributed by atoms with E-state index in [0.717, 1.165) is 37.4 Å². The van der Waals surface area contributed by atoms with Gasteiger partial charge in [0, 0.05) is 25.2 Å². The second-order valence-corrected chi connectivity index (χ2v) is 6.04. The Morgan fingerprint density at radius 2 is 1.86 bits per heavy atom. The van der Waals surface area contributed by atoms with E-state index in [4.69, 9.17) is 0 Å². The molecular weight excluding hydrogens is 310 g/mol. The summed E-state index contributed by atoms with van der Waals surface area (Å²) in [4.78, 5) is 13.9. The van der Waals surface area contributed by atoms with E-state index in [9.17, 15) is 13.6 Å². The van der Waals surface area contributed by atoms with Gasteiger partial charge in [-0.05, 0) is 50.3 Å². The minimum atomic E-state index is -0.783. The fourth-order valence-corrected chi connectivity index (χ4v) is 2.78. The Morgan fingerprint density at radius 1 is 1.18 bits per heavy atom. The molecule has 6 heteroatoms. The van der Waals surface area contributed by atoms with E-state index in [1.54, 1.807) is 4.90 Å². The molecule has 0 atom stereocenters. The van der Waals surface area contributed by atoms with Crippen LogP contribution in [0, 0.1) is 17.6 Å². The number of halogens is 3. The van der Waals surface area contributed by atoms with Crippen LogP contribution in [0.15, 0.2) is 18.2 Å². The highest BCUT2D eigenvalue weighted by Crippen LogP contribution is 2.28. The number of carbonyl (C=O) groups excluding carboxylic acids is 1. The maximum absolute atomic E-state index is 13.6. The standard InChI is InChI=1S/C16H20F2N2O.ClH/c17-12-3-4-14(15(18)9-12)16(21)20-7-5-13(6-8-20)19-10-11-1-2-11;/h3-4,9,11,13,19H,1-2,5-8,10H2;1H. The molecule has 1 saturated heterocycles. The molecule has 2 aliphatic rings. The predicted molar refractivity (Wildman–Crippen MR) is 83.3 cm³/mol. The van der Waals surface area contributed by atoms with Gasteiger partial charge in [0.1, 0.15) is 11.6 Å². The number of nitrogens with zero attached hydrogens (tertiary/aromatic N) is 1. The zero-order chi connectivity index (χ0) is 14.8. The molecule has 3 nitrogen and oxygen atoms in total. The lowest BCUT2D eigenvalue weighted by atomic mass is 10.0. The van der Waals surface area contributed by atoms with E-state index in [1.165, 1.54) is 18.9 Å². The summed E-state index contributed by atoms with van der Waals surface area (Å²) in [6.07, 6.45) is 4.44. The van der Waals surface area contributed by atoms with Crippen molar-refractivity contribution in [3.63, 3.8) is 0 Å². The first-order chi connectivity index (χ1) is 10.1. The van der Waals surface area contributed by atoms with Gasteiger partial charge in [-0.3, -0.25) is 4.79 Å². The molecule has 0 radical (unpaired) electrons. The van der Waals surface area contributed by atoms with E-state index >= 15 is 0 Å². The molecule has 1 aliphatic carbocycles. The second-order valence-electron chi connectivity index (χ2n) is 6.04. The third-order valence-electron chi connectivity index (χ3n) is 4.34. The van der Waals surface area contributed by atoms with Gasteiger partial charge in [0.25, 0.3) is 5.91 Å². The molecule has 1 aromatic carbocycles. The van der Waals surface area contributed by atoms with Gasteiger partial charge in [0.2, 0.25) is 0 Å². The number of hydrogen-bond acceptors (Lipinski definition) is 2. The SMILES string of the molecule is Cl.O=C(c1ccc(F)cc1F)N1CCC(NCC2CC2)CC1. The largest absolute Gasteiger partial charge is 0.338 e. The molecule has 1 saturated carbocycles. The fraction of sp³-hybridized carbons (Fsp3) is 0.562. The number of rotatable bonds is 4. The Kier molecular flexibility index (Phi) is 5.75. The molecule has 1 aliphatic heterocycles. The predicted octanol–water partition coefficient (Wildman–Crippen LogP) is 2.99. The normalized spacial score (nSPS) is 18.9. The Bertz CT molecular complexity index is 529. The van der Waals surface area contributed by atoms with Crippen LogP contribution in [-0.4, -0.2) is 36.5 Å². The van der Waals surface area contributed by atoms with E-state index in [0.29, 0.717) is 19.1 Å². The minimum Gasteiger partial charge on any atom is -0.338 e. The van der Waals surface area contributed by atoms with Crippen LogP contribution in [0.5, 0.6) is 0 Å². The molecular formula is C16H21ClF2N2O. The molecule has 1 amide bonds. The first-order valence-electron chi connectivity index (χ1n) is 7.61. The molecule has 122 valence electrons. The number of carbonyl (C=O) groups is 1. The third-order valence-corrected chi connectivity index (χ3v) is 4.34. The molecule has 1 heterocycles. The van der Waals surface area contributed by atoms with Crippen molar-refractivity contribution in [1.29, 1.82) is 0 Å². The monoisotopic (exact) mass is 330 g/mol. The van der Waals surface area contributed by atoms with Crippen molar-refractivity contribution in [1.82, 2.24) is 10.2 Å². The smallest absolute Gasteiger partial charge is 0.256 e. The summed E-state index contributed by atoms with van der Waals surface area (Å²) >= 11 is 0. The molecule has 0 bridgehead atoms. The van der Waals surface area contributed by atoms with Crippen molar-refractivity contribution in [2.24, 2.45) is 5.92 Å². The van der Waals surface area contributed by atoms with E-state index < -0.39 is 11.6 Å². The second kappa shape index (κ2) is 7.38. The highest BCUT2D eigenvalue weighted by Gasteiger charge is 2.27. The minimum absolute atomic E-state index is 0. The number of likely N-dealkylation sites (tertiary alicyclic amines) is 1. The first kappa shape index (κ1) is 17.2. The van der Waals surface area contributed by atoms with Crippen LogP contribution in [0.25, 0.3) is 0 Å². The number of benzene rings is 1. The molecule has 1 N–H and O–H groups in total. The van der Waals surface area contributed by atoms with Crippen LogP contribution in [0.4, 0.5) is 8.78 Å². The lowest BCUT2D eigenvalue weighted by Gasteiger charge is -2.32. The molecule has 0 unspecified atom stereocenters. The average molecular weight is 331 g/mol. The zero-order valence-electron chi connectivity index (χ0n) is 12.4. The van der Waals surface area contributed by atoms with E-state index in [2.05, 4.69) is 5.32 Å². The van der Waals surface area contributed by atoms with Crippen molar-refractivity contribution < 1.29 is 13.6 Å². The van der Waals surface area contributed by atoms with Gasteiger partial charge >= 0.3 is 0 Å². The third kappa shape index (κ3) is 4.17. The van der Waals surface area contributed by atoms with Gasteiger partial charge in [-0.25, -0.2) is 8.78 Å². The number of amides is 1.